The summed E-state index contributed by atoms with van der Waals surface area (Å²) in [6, 6.07) is 8.82. The molecule has 0 amide bonds. The first kappa shape index (κ1) is 12.2. The molecule has 1 nitrogen and oxygen atoms in total. The molecular formula is C16H21N. The molecule has 0 radical (unpaired) electrons. The minimum Gasteiger partial charge on any atom is -0.299 e. The van der Waals surface area contributed by atoms with E-state index in [4.69, 9.17) is 6.42 Å². The van der Waals surface area contributed by atoms with Crippen molar-refractivity contribution in [3.05, 3.63) is 35.4 Å². The zero-order chi connectivity index (χ0) is 11.9. The summed E-state index contributed by atoms with van der Waals surface area (Å²) in [5, 5.41) is 0. The van der Waals surface area contributed by atoms with Gasteiger partial charge in [-0.05, 0) is 36.9 Å². The molecule has 0 unspecified atom stereocenters. The van der Waals surface area contributed by atoms with Crippen molar-refractivity contribution in [3.8, 4) is 12.3 Å². The molecule has 0 aliphatic carbocycles. The van der Waals surface area contributed by atoms with Gasteiger partial charge in [-0.3, -0.25) is 4.90 Å². The average molecular weight is 227 g/mol. The summed E-state index contributed by atoms with van der Waals surface area (Å²) in [5.74, 6) is 2.71. The number of fused-ring (bicyclic) bond motifs is 1. The fraction of sp³-hybridized carbons (Fsp3) is 0.500. The second kappa shape index (κ2) is 6.47. The van der Waals surface area contributed by atoms with E-state index in [1.54, 1.807) is 0 Å². The minimum atomic E-state index is 0.933. The average Bonchev–Trinajstić information content (AvgIpc) is 2.38. The lowest BCUT2D eigenvalue weighted by atomic mass is 10.00. The van der Waals surface area contributed by atoms with Crippen LogP contribution >= 0.6 is 0 Å². The molecule has 1 heterocycles. The Hall–Kier alpha value is -1.26. The van der Waals surface area contributed by atoms with Gasteiger partial charge in [0.2, 0.25) is 0 Å². The second-order valence-corrected chi connectivity index (χ2v) is 4.81. The first-order valence-electron chi connectivity index (χ1n) is 6.63. The Morgan fingerprint density at radius 1 is 1.12 bits per heavy atom. The molecule has 0 atom stereocenters. The lowest BCUT2D eigenvalue weighted by Crippen LogP contribution is -2.31. The highest BCUT2D eigenvalue weighted by molar-refractivity contribution is 5.28. The molecule has 0 N–H and O–H groups in total. The van der Waals surface area contributed by atoms with Gasteiger partial charge in [-0.15, -0.1) is 12.3 Å². The molecule has 2 rings (SSSR count). The molecular weight excluding hydrogens is 206 g/mol. The molecule has 0 spiro atoms. The Kier molecular flexibility index (Phi) is 4.64. The van der Waals surface area contributed by atoms with Crippen LogP contribution in [0.4, 0.5) is 0 Å². The van der Waals surface area contributed by atoms with Crippen LogP contribution in [0, 0.1) is 12.3 Å². The van der Waals surface area contributed by atoms with Gasteiger partial charge in [0.05, 0.1) is 0 Å². The smallest absolute Gasteiger partial charge is 0.0236 e. The molecule has 1 aliphatic heterocycles. The van der Waals surface area contributed by atoms with E-state index in [0.29, 0.717) is 0 Å². The van der Waals surface area contributed by atoms with Gasteiger partial charge in [-0.25, -0.2) is 0 Å². The normalized spacial score (nSPS) is 15.2. The van der Waals surface area contributed by atoms with E-state index in [-0.39, 0.29) is 0 Å². The van der Waals surface area contributed by atoms with Crippen molar-refractivity contribution >= 4 is 0 Å². The first-order valence-corrected chi connectivity index (χ1v) is 6.63. The zero-order valence-corrected chi connectivity index (χ0v) is 10.5. The molecule has 0 bridgehead atoms. The molecule has 1 aromatic rings. The van der Waals surface area contributed by atoms with Gasteiger partial charge in [0.25, 0.3) is 0 Å². The van der Waals surface area contributed by atoms with Gasteiger partial charge in [-0.1, -0.05) is 30.7 Å². The van der Waals surface area contributed by atoms with Crippen LogP contribution in [0.15, 0.2) is 24.3 Å². The van der Waals surface area contributed by atoms with Crippen LogP contribution in [0.2, 0.25) is 0 Å². The number of hydrogen-bond acceptors (Lipinski definition) is 1. The van der Waals surface area contributed by atoms with Crippen LogP contribution in [0.1, 0.15) is 36.8 Å². The van der Waals surface area contributed by atoms with Crippen molar-refractivity contribution in [1.29, 1.82) is 0 Å². The van der Waals surface area contributed by atoms with E-state index < -0.39 is 0 Å². The van der Waals surface area contributed by atoms with Gasteiger partial charge in [-0.2, -0.15) is 0 Å². The fourth-order valence-electron chi connectivity index (χ4n) is 2.48. The predicted molar refractivity (Wildman–Crippen MR) is 72.7 cm³/mol. The van der Waals surface area contributed by atoms with Crippen LogP contribution in [-0.2, 0) is 13.0 Å². The standard InChI is InChI=1S/C16H21N/c1-2-3-4-5-8-12-17-13-11-15-9-6-7-10-16(15)14-17/h1,6-7,9-10H,3-5,8,11-14H2. The van der Waals surface area contributed by atoms with Crippen LogP contribution in [0.25, 0.3) is 0 Å². The quantitative estimate of drug-likeness (QED) is 0.551. The summed E-state index contributed by atoms with van der Waals surface area (Å²) >= 11 is 0. The monoisotopic (exact) mass is 227 g/mol. The third-order valence-corrected chi connectivity index (χ3v) is 3.51. The van der Waals surface area contributed by atoms with Crippen molar-refractivity contribution in [2.24, 2.45) is 0 Å². The van der Waals surface area contributed by atoms with Gasteiger partial charge in [0, 0.05) is 19.5 Å². The maximum absolute atomic E-state index is 5.25. The van der Waals surface area contributed by atoms with Crippen LogP contribution in [-0.4, -0.2) is 18.0 Å². The summed E-state index contributed by atoms with van der Waals surface area (Å²) in [6.07, 6.45) is 11.1. The van der Waals surface area contributed by atoms with Crippen molar-refractivity contribution < 1.29 is 0 Å². The molecule has 17 heavy (non-hydrogen) atoms. The van der Waals surface area contributed by atoms with Gasteiger partial charge >= 0.3 is 0 Å². The summed E-state index contributed by atoms with van der Waals surface area (Å²) in [4.78, 5) is 2.57. The lowest BCUT2D eigenvalue weighted by Gasteiger charge is -2.28. The topological polar surface area (TPSA) is 3.24 Å². The van der Waals surface area contributed by atoms with E-state index in [1.165, 1.54) is 49.9 Å². The second-order valence-electron chi connectivity index (χ2n) is 4.81. The minimum absolute atomic E-state index is 0.933. The molecule has 1 heteroatoms. The van der Waals surface area contributed by atoms with Crippen LogP contribution < -0.4 is 0 Å². The molecule has 1 aromatic carbocycles. The van der Waals surface area contributed by atoms with Crippen molar-refractivity contribution in [2.45, 2.75) is 38.6 Å². The Morgan fingerprint density at radius 3 is 2.76 bits per heavy atom. The Balaban J connectivity index is 1.73. The Bertz CT molecular complexity index is 389. The largest absolute Gasteiger partial charge is 0.299 e. The first-order chi connectivity index (χ1) is 8.40. The van der Waals surface area contributed by atoms with Crippen molar-refractivity contribution in [2.75, 3.05) is 13.1 Å². The summed E-state index contributed by atoms with van der Waals surface area (Å²) in [5.41, 5.74) is 3.05. The maximum Gasteiger partial charge on any atom is 0.0236 e. The molecule has 0 saturated heterocycles. The maximum atomic E-state index is 5.25. The van der Waals surface area contributed by atoms with Crippen molar-refractivity contribution in [1.82, 2.24) is 4.90 Å². The number of benzene rings is 1. The summed E-state index contributed by atoms with van der Waals surface area (Å²) in [7, 11) is 0. The van der Waals surface area contributed by atoms with Gasteiger partial charge < -0.3 is 0 Å². The SMILES string of the molecule is C#CCCCCCN1CCc2ccccc2C1. The molecule has 90 valence electrons. The molecule has 1 aliphatic rings. The Labute approximate surface area is 105 Å². The lowest BCUT2D eigenvalue weighted by molar-refractivity contribution is 0.248. The van der Waals surface area contributed by atoms with E-state index >= 15 is 0 Å². The van der Waals surface area contributed by atoms with Crippen molar-refractivity contribution in [3.63, 3.8) is 0 Å². The van der Waals surface area contributed by atoms with Crippen LogP contribution in [0.3, 0.4) is 0 Å². The molecule has 0 saturated carbocycles. The molecule has 0 fully saturated rings. The van der Waals surface area contributed by atoms with Gasteiger partial charge in [0.15, 0.2) is 0 Å². The number of hydrogen-bond donors (Lipinski definition) is 0. The number of rotatable bonds is 5. The Morgan fingerprint density at radius 2 is 1.94 bits per heavy atom. The predicted octanol–water partition coefficient (Wildman–Crippen LogP) is 3.24. The summed E-state index contributed by atoms with van der Waals surface area (Å²) < 4.78 is 0. The highest BCUT2D eigenvalue weighted by atomic mass is 15.1. The highest BCUT2D eigenvalue weighted by Gasteiger charge is 2.14. The number of unbranched alkanes of at least 4 members (excludes halogenated alkanes) is 3. The number of nitrogens with zero attached hydrogens (tertiary/aromatic N) is 1. The van der Waals surface area contributed by atoms with E-state index in [9.17, 15) is 0 Å². The third kappa shape index (κ3) is 3.61. The summed E-state index contributed by atoms with van der Waals surface area (Å²) in [6.45, 7) is 3.57. The van der Waals surface area contributed by atoms with E-state index in [1.807, 2.05) is 0 Å². The van der Waals surface area contributed by atoms with Gasteiger partial charge in [0.1, 0.15) is 0 Å². The van der Waals surface area contributed by atoms with E-state index in [0.717, 1.165) is 13.0 Å². The van der Waals surface area contributed by atoms with Crippen LogP contribution in [0.5, 0.6) is 0 Å². The highest BCUT2D eigenvalue weighted by Crippen LogP contribution is 2.18. The zero-order valence-electron chi connectivity index (χ0n) is 10.5. The fourth-order valence-corrected chi connectivity index (χ4v) is 2.48. The molecule has 0 aromatic heterocycles. The number of terminal acetylenes is 1. The third-order valence-electron chi connectivity index (χ3n) is 3.51. The van der Waals surface area contributed by atoms with E-state index in [2.05, 4.69) is 35.1 Å².